The molecule has 62 heavy (non-hydrogen) atoms. The summed E-state index contributed by atoms with van der Waals surface area (Å²) in [6.45, 7) is 6.88. The molecule has 0 saturated heterocycles. The Hall–Kier alpha value is 0.130. The SMILES string of the molecule is CCCCCCCCCCCCCCCCCc1ccc(S(=O)(=O)O)c(CCCCCCCCCCCCCCCCC)c1CCCCCCCCCCCCCCCCC.[Na]. The van der Waals surface area contributed by atoms with Gasteiger partial charge in [-0.2, -0.15) is 8.42 Å². The minimum atomic E-state index is -4.25. The van der Waals surface area contributed by atoms with Gasteiger partial charge in [-0.1, -0.05) is 297 Å². The third-order valence-corrected chi connectivity index (χ3v) is 14.8. The summed E-state index contributed by atoms with van der Waals surface area (Å²) in [4.78, 5) is 0.189. The Morgan fingerprint density at radius 3 is 0.758 bits per heavy atom. The maximum absolute atomic E-state index is 12.8. The maximum Gasteiger partial charge on any atom is 0.294 e. The van der Waals surface area contributed by atoms with Gasteiger partial charge in [0.15, 0.2) is 0 Å². The van der Waals surface area contributed by atoms with Crippen LogP contribution in [0.1, 0.15) is 326 Å². The van der Waals surface area contributed by atoms with Gasteiger partial charge in [0.2, 0.25) is 0 Å². The quantitative estimate of drug-likeness (QED) is 0.0403. The molecule has 361 valence electrons. The van der Waals surface area contributed by atoms with Crippen molar-refractivity contribution >= 4 is 39.7 Å². The molecule has 0 atom stereocenters. The van der Waals surface area contributed by atoms with Gasteiger partial charge in [-0.15, -0.1) is 0 Å². The van der Waals surface area contributed by atoms with Crippen molar-refractivity contribution in [1.29, 1.82) is 0 Å². The molecule has 3 nitrogen and oxygen atoms in total. The number of rotatable bonds is 49. The van der Waals surface area contributed by atoms with Gasteiger partial charge in [0.1, 0.15) is 0 Å². The van der Waals surface area contributed by atoms with Gasteiger partial charge in [0, 0.05) is 29.6 Å². The summed E-state index contributed by atoms with van der Waals surface area (Å²) in [6, 6.07) is 3.80. The van der Waals surface area contributed by atoms with Crippen molar-refractivity contribution in [3.8, 4) is 0 Å². The van der Waals surface area contributed by atoms with Crippen molar-refractivity contribution in [2.24, 2.45) is 0 Å². The first-order valence-corrected chi connectivity index (χ1v) is 29.5. The van der Waals surface area contributed by atoms with Crippen molar-refractivity contribution in [2.45, 2.75) is 334 Å². The van der Waals surface area contributed by atoms with Crippen LogP contribution in [-0.4, -0.2) is 42.5 Å². The van der Waals surface area contributed by atoms with Crippen LogP contribution >= 0.6 is 0 Å². The third-order valence-electron chi connectivity index (χ3n) is 13.9. The van der Waals surface area contributed by atoms with E-state index in [1.165, 1.54) is 281 Å². The summed E-state index contributed by atoms with van der Waals surface area (Å²) >= 11 is 0. The molecule has 1 rings (SSSR count). The Morgan fingerprint density at radius 2 is 0.516 bits per heavy atom. The van der Waals surface area contributed by atoms with Gasteiger partial charge in [0.25, 0.3) is 10.1 Å². The molecular formula is C57H108NaO3S. The molecule has 1 radical (unpaired) electrons. The normalized spacial score (nSPS) is 11.7. The van der Waals surface area contributed by atoms with Crippen LogP contribution in [-0.2, 0) is 29.4 Å². The van der Waals surface area contributed by atoms with Crippen molar-refractivity contribution in [3.63, 3.8) is 0 Å². The zero-order chi connectivity index (χ0) is 44.2. The van der Waals surface area contributed by atoms with Crippen LogP contribution in [0.2, 0.25) is 0 Å². The number of hydrogen-bond donors (Lipinski definition) is 1. The average Bonchev–Trinajstić information content (AvgIpc) is 3.25. The van der Waals surface area contributed by atoms with E-state index in [9.17, 15) is 13.0 Å². The topological polar surface area (TPSA) is 54.4 Å². The average molecular weight is 897 g/mol. The van der Waals surface area contributed by atoms with Crippen LogP contribution in [0.3, 0.4) is 0 Å². The first kappa shape index (κ1) is 62.1. The van der Waals surface area contributed by atoms with Crippen molar-refractivity contribution in [2.75, 3.05) is 0 Å². The molecule has 0 heterocycles. The third kappa shape index (κ3) is 38.3. The minimum Gasteiger partial charge on any atom is -0.282 e. The molecule has 0 saturated carbocycles. The van der Waals surface area contributed by atoms with E-state index in [1.54, 1.807) is 6.07 Å². The van der Waals surface area contributed by atoms with E-state index in [2.05, 4.69) is 26.8 Å². The molecule has 1 aromatic rings. The molecule has 0 aliphatic rings. The Kier molecular flexibility index (Phi) is 47.7. The van der Waals surface area contributed by atoms with Crippen LogP contribution in [0.4, 0.5) is 0 Å². The largest absolute Gasteiger partial charge is 0.294 e. The molecule has 5 heteroatoms. The Labute approximate surface area is 412 Å². The fraction of sp³-hybridized carbons (Fsp3) is 0.895. The number of benzene rings is 1. The first-order valence-electron chi connectivity index (χ1n) is 28.1. The first-order chi connectivity index (χ1) is 30.0. The van der Waals surface area contributed by atoms with E-state index >= 15 is 0 Å². The molecule has 0 unspecified atom stereocenters. The van der Waals surface area contributed by atoms with E-state index in [1.807, 2.05) is 0 Å². The van der Waals surface area contributed by atoms with E-state index in [4.69, 9.17) is 0 Å². The Balaban J connectivity index is 0.0000372. The summed E-state index contributed by atoms with van der Waals surface area (Å²) in [5, 5.41) is 0. The van der Waals surface area contributed by atoms with Gasteiger partial charge in [-0.25, -0.2) is 0 Å². The summed E-state index contributed by atoms with van der Waals surface area (Å²) in [6.07, 6.45) is 63.5. The summed E-state index contributed by atoms with van der Waals surface area (Å²) < 4.78 is 35.9. The fourth-order valence-electron chi connectivity index (χ4n) is 9.81. The number of hydrogen-bond acceptors (Lipinski definition) is 2. The van der Waals surface area contributed by atoms with Crippen LogP contribution in [0.15, 0.2) is 17.0 Å². The van der Waals surface area contributed by atoms with Gasteiger partial charge >= 0.3 is 0 Å². The van der Waals surface area contributed by atoms with Crippen molar-refractivity contribution < 1.29 is 13.0 Å². The zero-order valence-electron chi connectivity index (χ0n) is 42.8. The second-order valence-electron chi connectivity index (χ2n) is 19.8. The Bertz CT molecular complexity index is 1170. The molecule has 0 aromatic heterocycles. The van der Waals surface area contributed by atoms with Crippen LogP contribution in [0.25, 0.3) is 0 Å². The van der Waals surface area contributed by atoms with Crippen LogP contribution in [0.5, 0.6) is 0 Å². The van der Waals surface area contributed by atoms with Gasteiger partial charge in [-0.05, 0) is 61.3 Å². The van der Waals surface area contributed by atoms with Crippen molar-refractivity contribution in [3.05, 3.63) is 28.8 Å². The molecule has 0 fully saturated rings. The van der Waals surface area contributed by atoms with Crippen LogP contribution in [0, 0.1) is 0 Å². The predicted molar refractivity (Wildman–Crippen MR) is 278 cm³/mol. The van der Waals surface area contributed by atoms with Crippen LogP contribution < -0.4 is 0 Å². The monoisotopic (exact) mass is 896 g/mol. The van der Waals surface area contributed by atoms with Crippen molar-refractivity contribution in [1.82, 2.24) is 0 Å². The fourth-order valence-corrected chi connectivity index (χ4v) is 10.6. The minimum absolute atomic E-state index is 0. The summed E-state index contributed by atoms with van der Waals surface area (Å²) in [5.74, 6) is 0. The molecule has 0 aliphatic carbocycles. The number of unbranched alkanes of at least 4 members (excludes halogenated alkanes) is 42. The number of aryl methyl sites for hydroxylation is 1. The van der Waals surface area contributed by atoms with Gasteiger partial charge in [0.05, 0.1) is 4.90 Å². The molecule has 0 spiro atoms. The standard InChI is InChI=1S/C57H108O3S.Na/c1-4-7-10-13-16-19-22-25-28-31-34-37-40-43-46-49-54-52-53-57(61(58,59)60)56(51-48-45-42-39-36-33-30-27-24-21-18-15-12-9-6-3)55(54)50-47-44-41-38-35-32-29-26-23-20-17-14-11-8-5-2;/h52-53H,4-51H2,1-3H3,(H,58,59,60);. The molecule has 0 aliphatic heterocycles. The van der Waals surface area contributed by atoms with E-state index < -0.39 is 10.1 Å². The molecule has 0 amide bonds. The second kappa shape index (κ2) is 47.6. The van der Waals surface area contributed by atoms with Gasteiger partial charge in [-0.3, -0.25) is 4.55 Å². The zero-order valence-corrected chi connectivity index (χ0v) is 45.6. The van der Waals surface area contributed by atoms with Gasteiger partial charge < -0.3 is 0 Å². The summed E-state index contributed by atoms with van der Waals surface area (Å²) in [5.41, 5.74) is 3.56. The maximum atomic E-state index is 12.8. The second-order valence-corrected chi connectivity index (χ2v) is 21.1. The Morgan fingerprint density at radius 1 is 0.306 bits per heavy atom. The van der Waals surface area contributed by atoms with E-state index in [0.717, 1.165) is 44.1 Å². The predicted octanol–water partition coefficient (Wildman–Crippen LogP) is 19.8. The smallest absolute Gasteiger partial charge is 0.282 e. The summed E-state index contributed by atoms with van der Waals surface area (Å²) in [7, 11) is -4.25. The molecular weight excluding hydrogens is 788 g/mol. The molecule has 1 N–H and O–H groups in total. The molecule has 1 aromatic carbocycles. The molecule has 0 bridgehead atoms. The van der Waals surface area contributed by atoms with E-state index in [0.29, 0.717) is 0 Å². The van der Waals surface area contributed by atoms with E-state index in [-0.39, 0.29) is 34.5 Å².